The van der Waals surface area contributed by atoms with Gasteiger partial charge in [-0.05, 0) is 37.6 Å². The smallest absolute Gasteiger partial charge is 0.354 e. The van der Waals surface area contributed by atoms with E-state index in [9.17, 15) is 19.5 Å². The molecule has 11 heteroatoms. The predicted molar refractivity (Wildman–Crippen MR) is 137 cm³/mol. The van der Waals surface area contributed by atoms with Crippen LogP contribution in [0.2, 0.25) is 0 Å². The summed E-state index contributed by atoms with van der Waals surface area (Å²) in [5.74, 6) is -1.61. The number of hydrogen-bond acceptors (Lipinski definition) is 9. The standard InChI is InChI=1S/C27H33N3O8/c1-15-20(16(2)28-22(15)27(34)37-5)24(31)21-23(18-14-17(35-3)6-7-19(18)36-4)30(26(33)25(21)32)9-8-29-10-12-38-13-11-29/h6-7,14,23,28,31H,8-13H2,1-5H3/t23-/m0/s1. The van der Waals surface area contributed by atoms with Crippen LogP contribution < -0.4 is 9.47 Å². The number of nitrogens with one attached hydrogen (secondary N) is 1. The van der Waals surface area contributed by atoms with Crippen molar-refractivity contribution in [3.05, 3.63) is 51.9 Å². The van der Waals surface area contributed by atoms with Gasteiger partial charge in [0.2, 0.25) is 0 Å². The number of aromatic amines is 1. The fraction of sp³-hybridized carbons (Fsp3) is 0.444. The van der Waals surface area contributed by atoms with E-state index in [0.717, 1.165) is 13.1 Å². The molecule has 1 atom stereocenters. The van der Waals surface area contributed by atoms with Crippen LogP contribution in [0.5, 0.6) is 11.5 Å². The van der Waals surface area contributed by atoms with Crippen molar-refractivity contribution in [2.75, 3.05) is 60.7 Å². The van der Waals surface area contributed by atoms with Crippen molar-refractivity contribution >= 4 is 23.4 Å². The Balaban J connectivity index is 1.88. The Morgan fingerprint density at radius 2 is 1.82 bits per heavy atom. The third kappa shape index (κ3) is 4.86. The molecule has 1 aromatic heterocycles. The first-order valence-corrected chi connectivity index (χ1v) is 12.3. The van der Waals surface area contributed by atoms with Crippen LogP contribution in [0.3, 0.4) is 0 Å². The van der Waals surface area contributed by atoms with Gasteiger partial charge in [-0.1, -0.05) is 0 Å². The molecule has 38 heavy (non-hydrogen) atoms. The molecule has 0 bridgehead atoms. The van der Waals surface area contributed by atoms with Crippen molar-refractivity contribution in [3.63, 3.8) is 0 Å². The van der Waals surface area contributed by atoms with Crippen LogP contribution in [0.4, 0.5) is 0 Å². The van der Waals surface area contributed by atoms with Crippen molar-refractivity contribution in [1.82, 2.24) is 14.8 Å². The summed E-state index contributed by atoms with van der Waals surface area (Å²) in [6.07, 6.45) is 0. The fourth-order valence-electron chi connectivity index (χ4n) is 5.11. The highest BCUT2D eigenvalue weighted by atomic mass is 16.5. The number of amides is 1. The molecule has 2 fully saturated rings. The molecule has 4 rings (SSSR count). The van der Waals surface area contributed by atoms with E-state index in [4.69, 9.17) is 18.9 Å². The summed E-state index contributed by atoms with van der Waals surface area (Å²) in [5, 5.41) is 11.6. The molecule has 0 unspecified atom stereocenters. The fourth-order valence-corrected chi connectivity index (χ4v) is 5.11. The van der Waals surface area contributed by atoms with E-state index < -0.39 is 23.7 Å². The Morgan fingerprint density at radius 3 is 2.45 bits per heavy atom. The third-order valence-corrected chi connectivity index (χ3v) is 7.10. The Bertz CT molecular complexity index is 1280. The summed E-state index contributed by atoms with van der Waals surface area (Å²) >= 11 is 0. The van der Waals surface area contributed by atoms with Crippen molar-refractivity contribution in [1.29, 1.82) is 0 Å². The molecular formula is C27H33N3O8. The van der Waals surface area contributed by atoms with Gasteiger partial charge in [-0.25, -0.2) is 4.79 Å². The van der Waals surface area contributed by atoms with Crippen molar-refractivity contribution in [2.45, 2.75) is 19.9 Å². The molecule has 2 aliphatic rings. The Kier molecular flexibility index (Phi) is 8.08. The Hall–Kier alpha value is -3.83. The molecular weight excluding hydrogens is 494 g/mol. The molecule has 1 amide bonds. The molecule has 11 nitrogen and oxygen atoms in total. The second-order valence-electron chi connectivity index (χ2n) is 9.17. The number of benzene rings is 1. The van der Waals surface area contributed by atoms with Crippen molar-refractivity contribution in [3.8, 4) is 11.5 Å². The summed E-state index contributed by atoms with van der Waals surface area (Å²) in [6.45, 7) is 6.70. The van der Waals surface area contributed by atoms with Gasteiger partial charge in [-0.15, -0.1) is 0 Å². The van der Waals surface area contributed by atoms with Crippen LogP contribution in [0.15, 0.2) is 23.8 Å². The molecule has 2 saturated heterocycles. The first-order valence-electron chi connectivity index (χ1n) is 12.3. The van der Waals surface area contributed by atoms with Crippen LogP contribution in [0.25, 0.3) is 5.76 Å². The van der Waals surface area contributed by atoms with E-state index >= 15 is 0 Å². The van der Waals surface area contributed by atoms with Gasteiger partial charge in [0.15, 0.2) is 0 Å². The number of nitrogens with zero attached hydrogens (tertiary/aromatic N) is 2. The maximum Gasteiger partial charge on any atom is 0.354 e. The highest BCUT2D eigenvalue weighted by Gasteiger charge is 2.47. The molecule has 2 N–H and O–H groups in total. The van der Waals surface area contributed by atoms with Gasteiger partial charge < -0.3 is 33.9 Å². The zero-order valence-electron chi connectivity index (χ0n) is 22.3. The van der Waals surface area contributed by atoms with E-state index in [1.165, 1.54) is 26.2 Å². The summed E-state index contributed by atoms with van der Waals surface area (Å²) in [5.41, 5.74) is 1.69. The lowest BCUT2D eigenvalue weighted by molar-refractivity contribution is -0.140. The van der Waals surface area contributed by atoms with Gasteiger partial charge in [0.1, 0.15) is 23.0 Å². The number of esters is 1. The molecule has 2 aromatic rings. The minimum Gasteiger partial charge on any atom is -0.507 e. The molecule has 0 radical (unpaired) electrons. The van der Waals surface area contributed by atoms with Gasteiger partial charge in [0, 0.05) is 43.0 Å². The van der Waals surface area contributed by atoms with Crippen LogP contribution in [0.1, 0.15) is 38.9 Å². The lowest BCUT2D eigenvalue weighted by atomic mass is 9.93. The average molecular weight is 528 g/mol. The Morgan fingerprint density at radius 1 is 1.11 bits per heavy atom. The SMILES string of the molecule is COC(=O)c1[nH]c(C)c(C(O)=C2C(=O)C(=O)N(CCN3CCOCC3)[C@H]2c2cc(OC)ccc2OC)c1C. The minimum absolute atomic E-state index is 0.0925. The number of rotatable bonds is 8. The number of aromatic nitrogens is 1. The minimum atomic E-state index is -0.948. The molecule has 2 aliphatic heterocycles. The molecule has 1 aromatic carbocycles. The number of likely N-dealkylation sites (tertiary alicyclic amines) is 1. The van der Waals surface area contributed by atoms with Crippen molar-refractivity contribution < 1.29 is 38.4 Å². The first-order chi connectivity index (χ1) is 18.2. The predicted octanol–water partition coefficient (Wildman–Crippen LogP) is 2.19. The normalized spacial score (nSPS) is 19.6. The first kappa shape index (κ1) is 27.2. The number of ether oxygens (including phenoxy) is 4. The number of methoxy groups -OCH3 is 3. The number of H-pyrrole nitrogens is 1. The van der Waals surface area contributed by atoms with E-state index in [2.05, 4.69) is 9.88 Å². The average Bonchev–Trinajstić information content (AvgIpc) is 3.37. The number of hydrogen-bond donors (Lipinski definition) is 2. The topological polar surface area (TPSA) is 131 Å². The number of morpholine rings is 1. The highest BCUT2D eigenvalue weighted by Crippen LogP contribution is 2.44. The van der Waals surface area contributed by atoms with Crippen LogP contribution in [0, 0.1) is 13.8 Å². The third-order valence-electron chi connectivity index (χ3n) is 7.10. The summed E-state index contributed by atoms with van der Waals surface area (Å²) in [4.78, 5) is 45.8. The maximum atomic E-state index is 13.5. The highest BCUT2D eigenvalue weighted by molar-refractivity contribution is 6.46. The van der Waals surface area contributed by atoms with E-state index in [-0.39, 0.29) is 29.1 Å². The zero-order valence-corrected chi connectivity index (χ0v) is 22.3. The van der Waals surface area contributed by atoms with Gasteiger partial charge in [-0.2, -0.15) is 0 Å². The lowest BCUT2D eigenvalue weighted by Crippen LogP contribution is -2.42. The number of aliphatic hydroxyl groups is 1. The van der Waals surface area contributed by atoms with Gasteiger partial charge in [-0.3, -0.25) is 14.5 Å². The van der Waals surface area contributed by atoms with E-state index in [0.29, 0.717) is 48.1 Å². The van der Waals surface area contributed by atoms with Crippen LogP contribution in [-0.2, 0) is 19.1 Å². The van der Waals surface area contributed by atoms with Gasteiger partial charge in [0.25, 0.3) is 11.7 Å². The second-order valence-corrected chi connectivity index (χ2v) is 9.17. The van der Waals surface area contributed by atoms with Crippen molar-refractivity contribution in [2.24, 2.45) is 0 Å². The number of carbonyl (C=O) groups is 3. The molecule has 0 spiro atoms. The number of aliphatic hydroxyl groups excluding tert-OH is 1. The van der Waals surface area contributed by atoms with Crippen LogP contribution in [-0.4, -0.2) is 98.3 Å². The quantitative estimate of drug-likeness (QED) is 0.230. The largest absolute Gasteiger partial charge is 0.507 e. The number of aryl methyl sites for hydroxylation is 1. The van der Waals surface area contributed by atoms with Gasteiger partial charge in [0.05, 0.1) is 46.2 Å². The summed E-state index contributed by atoms with van der Waals surface area (Å²) in [6, 6.07) is 4.15. The zero-order chi connectivity index (χ0) is 27.6. The molecule has 3 heterocycles. The van der Waals surface area contributed by atoms with Crippen LogP contribution >= 0.6 is 0 Å². The summed E-state index contributed by atoms with van der Waals surface area (Å²) in [7, 11) is 4.27. The molecule has 204 valence electrons. The number of carbonyl (C=O) groups excluding carboxylic acids is 3. The van der Waals surface area contributed by atoms with E-state index in [1.54, 1.807) is 32.0 Å². The van der Waals surface area contributed by atoms with E-state index in [1.807, 2.05) is 0 Å². The monoisotopic (exact) mass is 527 g/mol. The molecule has 0 aliphatic carbocycles. The Labute approximate surface area is 220 Å². The lowest BCUT2D eigenvalue weighted by Gasteiger charge is -2.31. The second kappa shape index (κ2) is 11.3. The summed E-state index contributed by atoms with van der Waals surface area (Å²) < 4.78 is 21.3. The van der Waals surface area contributed by atoms with Gasteiger partial charge >= 0.3 is 5.97 Å². The maximum absolute atomic E-state index is 13.5. The molecule has 0 saturated carbocycles. The number of ketones is 1. The number of Topliss-reactive ketones (excluding diaryl/α,β-unsaturated/α-hetero) is 1.